The number of aromatic nitrogens is 1. The number of nitrogens with zero attached hydrogens (tertiary/aromatic N) is 1. The molecule has 0 atom stereocenters. The third-order valence-corrected chi connectivity index (χ3v) is 7.56. The number of rotatable bonds is 6. The van der Waals surface area contributed by atoms with Gasteiger partial charge >= 0.3 is 7.12 Å². The standard InChI is InChI=1S/C28H34BNO3Si/c1-25(2,3)34-33-28(21-14-10-8-11-15-21,22-16-12-9-13-17-22)24-19-18-23(20-30-24)29-31-26(4,5)27(6,7)32-29/h8-20H,1-7H3. The van der Waals surface area contributed by atoms with Gasteiger partial charge in [0.1, 0.15) is 5.60 Å². The second-order valence-electron chi connectivity index (χ2n) is 10.9. The van der Waals surface area contributed by atoms with Crippen LogP contribution in [0.4, 0.5) is 0 Å². The normalized spacial score (nSPS) is 17.7. The van der Waals surface area contributed by atoms with Crippen molar-refractivity contribution in [3.63, 3.8) is 0 Å². The lowest BCUT2D eigenvalue weighted by Crippen LogP contribution is -2.41. The minimum Gasteiger partial charge on any atom is -0.399 e. The zero-order valence-corrected chi connectivity index (χ0v) is 22.3. The van der Waals surface area contributed by atoms with Crippen LogP contribution in [0.25, 0.3) is 0 Å². The fourth-order valence-corrected chi connectivity index (χ4v) is 4.74. The van der Waals surface area contributed by atoms with Crippen LogP contribution in [0.5, 0.6) is 0 Å². The summed E-state index contributed by atoms with van der Waals surface area (Å²) in [4.78, 5) is 4.96. The van der Waals surface area contributed by atoms with E-state index in [-0.39, 0.29) is 14.8 Å². The van der Waals surface area contributed by atoms with Crippen molar-refractivity contribution in [2.75, 3.05) is 0 Å². The summed E-state index contributed by atoms with van der Waals surface area (Å²) in [5.41, 5.74) is 2.21. The molecule has 1 fully saturated rings. The van der Waals surface area contributed by atoms with Crippen LogP contribution in [0.1, 0.15) is 65.3 Å². The van der Waals surface area contributed by atoms with Crippen LogP contribution in [0.3, 0.4) is 0 Å². The highest BCUT2D eigenvalue weighted by Gasteiger charge is 2.52. The lowest BCUT2D eigenvalue weighted by Gasteiger charge is -2.37. The summed E-state index contributed by atoms with van der Waals surface area (Å²) in [6.07, 6.45) is 1.86. The fourth-order valence-electron chi connectivity index (χ4n) is 3.94. The molecule has 6 heteroatoms. The smallest absolute Gasteiger partial charge is 0.399 e. The van der Waals surface area contributed by atoms with Crippen LogP contribution in [-0.2, 0) is 19.3 Å². The van der Waals surface area contributed by atoms with Gasteiger partial charge in [0.2, 0.25) is 9.76 Å². The van der Waals surface area contributed by atoms with Gasteiger partial charge in [0, 0.05) is 11.7 Å². The summed E-state index contributed by atoms with van der Waals surface area (Å²) in [7, 11) is -0.184. The highest BCUT2D eigenvalue weighted by molar-refractivity contribution is 6.62. The Labute approximate surface area is 207 Å². The molecule has 0 spiro atoms. The maximum atomic E-state index is 6.89. The number of hydrogen-bond donors (Lipinski definition) is 0. The molecule has 1 aromatic heterocycles. The molecule has 1 saturated heterocycles. The molecular formula is C28H34BNO3Si. The molecule has 2 radical (unpaired) electrons. The lowest BCUT2D eigenvalue weighted by atomic mass is 9.78. The fraction of sp³-hybridized carbons (Fsp3) is 0.393. The second-order valence-corrected chi connectivity index (χ2v) is 12.8. The summed E-state index contributed by atoms with van der Waals surface area (Å²) in [5, 5.41) is 0.0114. The van der Waals surface area contributed by atoms with Crippen molar-refractivity contribution in [3.8, 4) is 0 Å². The Balaban J connectivity index is 1.81. The lowest BCUT2D eigenvalue weighted by molar-refractivity contribution is 0.00578. The predicted molar refractivity (Wildman–Crippen MR) is 139 cm³/mol. The molecule has 0 saturated carbocycles. The molecule has 0 unspecified atom stereocenters. The third-order valence-electron chi connectivity index (χ3n) is 6.54. The molecule has 0 N–H and O–H groups in total. The van der Waals surface area contributed by atoms with Gasteiger partial charge in [-0.1, -0.05) is 87.5 Å². The molecule has 34 heavy (non-hydrogen) atoms. The summed E-state index contributed by atoms with van der Waals surface area (Å²) < 4.78 is 19.4. The van der Waals surface area contributed by atoms with E-state index in [0.717, 1.165) is 22.3 Å². The van der Waals surface area contributed by atoms with E-state index in [1.807, 2.05) is 24.4 Å². The monoisotopic (exact) mass is 471 g/mol. The molecule has 0 aliphatic carbocycles. The van der Waals surface area contributed by atoms with E-state index in [1.165, 1.54) is 0 Å². The third kappa shape index (κ3) is 4.78. The van der Waals surface area contributed by atoms with Crippen molar-refractivity contribution in [3.05, 3.63) is 95.8 Å². The first-order chi connectivity index (χ1) is 15.9. The minimum absolute atomic E-state index is 0.0114. The van der Waals surface area contributed by atoms with Crippen LogP contribution in [0.15, 0.2) is 79.0 Å². The van der Waals surface area contributed by atoms with Gasteiger partial charge in [0.15, 0.2) is 0 Å². The van der Waals surface area contributed by atoms with Crippen molar-refractivity contribution in [1.29, 1.82) is 0 Å². The highest BCUT2D eigenvalue weighted by atomic mass is 28.2. The molecule has 176 valence electrons. The molecule has 0 amide bonds. The molecule has 1 aliphatic heterocycles. The first kappa shape index (κ1) is 24.9. The Morgan fingerprint density at radius 2 is 1.26 bits per heavy atom. The quantitative estimate of drug-likeness (QED) is 0.444. The maximum Gasteiger partial charge on any atom is 0.496 e. The van der Waals surface area contributed by atoms with Crippen molar-refractivity contribution < 1.29 is 13.7 Å². The molecule has 1 aliphatic rings. The molecule has 3 aromatic rings. The highest BCUT2D eigenvalue weighted by Crippen LogP contribution is 2.41. The van der Waals surface area contributed by atoms with E-state index in [1.54, 1.807) is 0 Å². The first-order valence-electron chi connectivity index (χ1n) is 11.8. The minimum atomic E-state index is -0.831. The summed E-state index contributed by atoms with van der Waals surface area (Å²) in [6, 6.07) is 24.8. The average Bonchev–Trinajstić information content (AvgIpc) is 3.02. The topological polar surface area (TPSA) is 40.6 Å². The van der Waals surface area contributed by atoms with Gasteiger partial charge in [-0.2, -0.15) is 0 Å². The molecule has 4 rings (SSSR count). The van der Waals surface area contributed by atoms with Gasteiger partial charge in [-0.25, -0.2) is 0 Å². The Bertz CT molecular complexity index is 1040. The van der Waals surface area contributed by atoms with Gasteiger partial charge < -0.3 is 13.7 Å². The predicted octanol–water partition coefficient (Wildman–Crippen LogP) is 5.53. The number of hydrogen-bond acceptors (Lipinski definition) is 4. The molecular weight excluding hydrogens is 437 g/mol. The van der Waals surface area contributed by atoms with Gasteiger partial charge in [-0.05, 0) is 49.9 Å². The van der Waals surface area contributed by atoms with Crippen molar-refractivity contribution in [2.45, 2.75) is 70.3 Å². The van der Waals surface area contributed by atoms with E-state index in [9.17, 15) is 0 Å². The van der Waals surface area contributed by atoms with E-state index < -0.39 is 23.9 Å². The Hall–Kier alpha value is -2.25. The Morgan fingerprint density at radius 3 is 1.68 bits per heavy atom. The van der Waals surface area contributed by atoms with Crippen molar-refractivity contribution in [2.24, 2.45) is 0 Å². The Kier molecular flexibility index (Phi) is 6.64. The zero-order chi connectivity index (χ0) is 24.6. The van der Waals surface area contributed by atoms with E-state index >= 15 is 0 Å². The largest absolute Gasteiger partial charge is 0.496 e. The second kappa shape index (κ2) is 9.08. The van der Waals surface area contributed by atoms with Crippen LogP contribution in [0.2, 0.25) is 5.04 Å². The van der Waals surface area contributed by atoms with Crippen molar-refractivity contribution in [1.82, 2.24) is 4.98 Å². The first-order valence-corrected chi connectivity index (χ1v) is 12.7. The van der Waals surface area contributed by atoms with Gasteiger partial charge in [0.05, 0.1) is 16.9 Å². The molecule has 4 nitrogen and oxygen atoms in total. The SMILES string of the molecule is CC(C)(C)[Si]OC(c1ccccc1)(c1ccccc1)c1ccc(B2OC(C)(C)C(C)(C)O2)cn1. The summed E-state index contributed by atoms with van der Waals surface area (Å²) in [6.45, 7) is 14.8. The van der Waals surface area contributed by atoms with Crippen molar-refractivity contribution >= 4 is 22.3 Å². The van der Waals surface area contributed by atoms with Gasteiger partial charge in [-0.15, -0.1) is 0 Å². The summed E-state index contributed by atoms with van der Waals surface area (Å²) in [5.74, 6) is 0. The van der Waals surface area contributed by atoms with Crippen LogP contribution >= 0.6 is 0 Å². The molecule has 0 bridgehead atoms. The van der Waals surface area contributed by atoms with E-state index in [0.29, 0.717) is 0 Å². The van der Waals surface area contributed by atoms with Crippen LogP contribution in [0, 0.1) is 0 Å². The zero-order valence-electron chi connectivity index (χ0n) is 21.3. The van der Waals surface area contributed by atoms with Gasteiger partial charge in [0.25, 0.3) is 0 Å². The molecule has 2 aromatic carbocycles. The van der Waals surface area contributed by atoms with Crippen LogP contribution in [-0.4, -0.2) is 33.1 Å². The number of pyridine rings is 1. The maximum absolute atomic E-state index is 6.89. The summed E-state index contributed by atoms with van der Waals surface area (Å²) >= 11 is 0. The van der Waals surface area contributed by atoms with E-state index in [2.05, 4.69) is 103 Å². The van der Waals surface area contributed by atoms with Crippen LogP contribution < -0.4 is 5.46 Å². The van der Waals surface area contributed by atoms with E-state index in [4.69, 9.17) is 18.7 Å². The average molecular weight is 471 g/mol. The molecule has 2 heterocycles. The Morgan fingerprint density at radius 1 is 0.765 bits per heavy atom. The number of benzene rings is 2. The van der Waals surface area contributed by atoms with Gasteiger partial charge in [-0.3, -0.25) is 4.98 Å².